The van der Waals surface area contributed by atoms with Gasteiger partial charge in [-0.2, -0.15) is 0 Å². The van der Waals surface area contributed by atoms with E-state index in [2.05, 4.69) is 52.1 Å². The third-order valence-corrected chi connectivity index (χ3v) is 6.53. The van der Waals surface area contributed by atoms with Gasteiger partial charge in [0.2, 0.25) is 0 Å². The molecule has 0 saturated carbocycles. The topological polar surface area (TPSA) is 60.6 Å². The lowest BCUT2D eigenvalue weighted by Gasteiger charge is -2.32. The Morgan fingerprint density at radius 1 is 1.18 bits per heavy atom. The van der Waals surface area contributed by atoms with Gasteiger partial charge in [-0.25, -0.2) is 0 Å². The molecule has 1 unspecified atom stereocenters. The highest BCUT2D eigenvalue weighted by molar-refractivity contribution is 7.80. The van der Waals surface area contributed by atoms with E-state index in [0.717, 1.165) is 50.3 Å². The fraction of sp³-hybridized carbons (Fsp3) is 0.385. The van der Waals surface area contributed by atoms with Gasteiger partial charge >= 0.3 is 0 Å². The smallest absolute Gasteiger partial charge is 0.253 e. The second-order valence-electron chi connectivity index (χ2n) is 8.67. The molecule has 2 N–H and O–H groups in total. The van der Waals surface area contributed by atoms with E-state index < -0.39 is 0 Å². The van der Waals surface area contributed by atoms with Gasteiger partial charge in [-0.1, -0.05) is 42.0 Å². The Hall–Kier alpha value is -2.74. The van der Waals surface area contributed by atoms with Gasteiger partial charge in [-0.05, 0) is 55.2 Å². The third kappa shape index (κ3) is 6.19. The summed E-state index contributed by atoms with van der Waals surface area (Å²) < 4.78 is 5.48. The Balaban J connectivity index is 1.53. The summed E-state index contributed by atoms with van der Waals surface area (Å²) in [6, 6.07) is 18.4. The van der Waals surface area contributed by atoms with Crippen LogP contribution in [0.4, 0.5) is 0 Å². The molecular formula is C26H32N4O2S. The van der Waals surface area contributed by atoms with E-state index in [9.17, 15) is 4.79 Å². The summed E-state index contributed by atoms with van der Waals surface area (Å²) in [5.74, 6) is 0. The standard InChI is InChI=1S/C26H32N4O2S/c1-19-8-9-24-22(16-19)17-23(25(31)28-24)18-30(11-10-29-12-14-32-15-13-29)26(33)27-20(2)21-6-4-3-5-7-21/h3-9,16-17,20H,10-15,18H2,1-2H3,(H,27,33)(H,28,31). The first-order valence-corrected chi connectivity index (χ1v) is 11.9. The summed E-state index contributed by atoms with van der Waals surface area (Å²) in [4.78, 5) is 20.4. The van der Waals surface area contributed by atoms with Crippen LogP contribution in [-0.4, -0.2) is 59.3 Å². The lowest BCUT2D eigenvalue weighted by atomic mass is 10.1. The highest BCUT2D eigenvalue weighted by Crippen LogP contribution is 2.16. The number of pyridine rings is 1. The highest BCUT2D eigenvalue weighted by atomic mass is 32.1. The number of thiocarbonyl (C=S) groups is 1. The molecule has 2 heterocycles. The molecule has 1 saturated heterocycles. The van der Waals surface area contributed by atoms with Crippen LogP contribution in [0.2, 0.25) is 0 Å². The lowest BCUT2D eigenvalue weighted by Crippen LogP contribution is -2.46. The summed E-state index contributed by atoms with van der Waals surface area (Å²) in [6.45, 7) is 9.59. The molecule has 0 radical (unpaired) electrons. The van der Waals surface area contributed by atoms with E-state index in [1.165, 1.54) is 11.1 Å². The van der Waals surface area contributed by atoms with Crippen LogP contribution in [0.15, 0.2) is 59.4 Å². The van der Waals surface area contributed by atoms with Crippen LogP contribution in [0.5, 0.6) is 0 Å². The maximum atomic E-state index is 12.9. The number of aromatic nitrogens is 1. The molecule has 1 fully saturated rings. The molecule has 0 aliphatic carbocycles. The van der Waals surface area contributed by atoms with Crippen LogP contribution >= 0.6 is 12.2 Å². The summed E-state index contributed by atoms with van der Waals surface area (Å²) in [5.41, 5.74) is 3.84. The molecule has 1 atom stereocenters. The van der Waals surface area contributed by atoms with Crippen molar-refractivity contribution in [2.45, 2.75) is 26.4 Å². The average Bonchev–Trinajstić information content (AvgIpc) is 2.83. The molecule has 0 bridgehead atoms. The van der Waals surface area contributed by atoms with Crippen molar-refractivity contribution in [1.82, 2.24) is 20.1 Å². The molecular weight excluding hydrogens is 432 g/mol. The zero-order chi connectivity index (χ0) is 23.2. The first-order valence-electron chi connectivity index (χ1n) is 11.5. The second kappa shape index (κ2) is 10.9. The number of benzene rings is 2. The molecule has 3 aromatic rings. The number of H-pyrrole nitrogens is 1. The van der Waals surface area contributed by atoms with Crippen LogP contribution in [0.25, 0.3) is 10.9 Å². The predicted octanol–water partition coefficient (Wildman–Crippen LogP) is 3.61. The van der Waals surface area contributed by atoms with E-state index in [1.54, 1.807) is 0 Å². The molecule has 6 nitrogen and oxygen atoms in total. The van der Waals surface area contributed by atoms with Crippen LogP contribution in [0.3, 0.4) is 0 Å². The minimum atomic E-state index is -0.0679. The fourth-order valence-electron chi connectivity index (χ4n) is 4.14. The van der Waals surface area contributed by atoms with Crippen LogP contribution < -0.4 is 10.9 Å². The Morgan fingerprint density at radius 2 is 1.94 bits per heavy atom. The van der Waals surface area contributed by atoms with Crippen molar-refractivity contribution in [2.75, 3.05) is 39.4 Å². The SMILES string of the molecule is Cc1ccc2[nH]c(=O)c(CN(CCN3CCOCC3)C(=S)NC(C)c3ccccc3)cc2c1. The van der Waals surface area contributed by atoms with Gasteiger partial charge in [0.1, 0.15) is 0 Å². The number of hydrogen-bond donors (Lipinski definition) is 2. The van der Waals surface area contributed by atoms with Crippen LogP contribution in [-0.2, 0) is 11.3 Å². The van der Waals surface area contributed by atoms with Gasteiger partial charge in [0.15, 0.2) is 5.11 Å². The number of aromatic amines is 1. The minimum absolute atomic E-state index is 0.0679. The van der Waals surface area contributed by atoms with Crippen molar-refractivity contribution in [1.29, 1.82) is 0 Å². The number of rotatable bonds is 7. The van der Waals surface area contributed by atoms with Crippen LogP contribution in [0, 0.1) is 6.92 Å². The first-order chi connectivity index (χ1) is 16.0. The molecule has 0 amide bonds. The van der Waals surface area contributed by atoms with E-state index in [-0.39, 0.29) is 11.6 Å². The van der Waals surface area contributed by atoms with E-state index in [0.29, 0.717) is 17.2 Å². The number of aryl methyl sites for hydroxylation is 1. The van der Waals surface area contributed by atoms with Crippen molar-refractivity contribution in [2.24, 2.45) is 0 Å². The Bertz CT molecular complexity index is 1140. The zero-order valence-corrected chi connectivity index (χ0v) is 20.2. The monoisotopic (exact) mass is 464 g/mol. The number of ether oxygens (including phenoxy) is 1. The van der Waals surface area contributed by atoms with Crippen molar-refractivity contribution < 1.29 is 4.74 Å². The second-order valence-corrected chi connectivity index (χ2v) is 9.06. The van der Waals surface area contributed by atoms with Crippen molar-refractivity contribution in [3.63, 3.8) is 0 Å². The summed E-state index contributed by atoms with van der Waals surface area (Å²) in [5, 5.41) is 5.16. The molecule has 2 aromatic carbocycles. The number of nitrogens with zero attached hydrogens (tertiary/aromatic N) is 2. The third-order valence-electron chi connectivity index (χ3n) is 6.15. The fourth-order valence-corrected chi connectivity index (χ4v) is 4.47. The number of fused-ring (bicyclic) bond motifs is 1. The Kier molecular flexibility index (Phi) is 7.75. The van der Waals surface area contributed by atoms with Gasteiger partial charge in [0.25, 0.3) is 5.56 Å². The molecule has 7 heteroatoms. The van der Waals surface area contributed by atoms with E-state index >= 15 is 0 Å². The number of morpholine rings is 1. The van der Waals surface area contributed by atoms with E-state index in [4.69, 9.17) is 17.0 Å². The largest absolute Gasteiger partial charge is 0.379 e. The van der Waals surface area contributed by atoms with Crippen molar-refractivity contribution in [3.8, 4) is 0 Å². The molecule has 33 heavy (non-hydrogen) atoms. The summed E-state index contributed by atoms with van der Waals surface area (Å²) >= 11 is 5.84. The number of hydrogen-bond acceptors (Lipinski definition) is 4. The molecule has 1 aliphatic rings. The van der Waals surface area contributed by atoms with E-state index in [1.807, 2.05) is 36.4 Å². The van der Waals surface area contributed by atoms with Crippen molar-refractivity contribution in [3.05, 3.63) is 81.6 Å². The Morgan fingerprint density at radius 3 is 2.70 bits per heavy atom. The maximum Gasteiger partial charge on any atom is 0.253 e. The molecule has 1 aromatic heterocycles. The molecule has 1 aliphatic heterocycles. The first kappa shape index (κ1) is 23.4. The highest BCUT2D eigenvalue weighted by Gasteiger charge is 2.18. The summed E-state index contributed by atoms with van der Waals surface area (Å²) in [7, 11) is 0. The predicted molar refractivity (Wildman–Crippen MR) is 138 cm³/mol. The minimum Gasteiger partial charge on any atom is -0.379 e. The average molecular weight is 465 g/mol. The quantitative estimate of drug-likeness (QED) is 0.521. The molecule has 0 spiro atoms. The molecule has 4 rings (SSSR count). The summed E-state index contributed by atoms with van der Waals surface area (Å²) in [6.07, 6.45) is 0. The zero-order valence-electron chi connectivity index (χ0n) is 19.3. The Labute approximate surface area is 200 Å². The number of nitrogens with one attached hydrogen (secondary N) is 2. The van der Waals surface area contributed by atoms with Gasteiger partial charge < -0.3 is 19.9 Å². The maximum absolute atomic E-state index is 12.9. The van der Waals surface area contributed by atoms with Gasteiger partial charge in [0.05, 0.1) is 25.8 Å². The van der Waals surface area contributed by atoms with Gasteiger partial charge in [-0.3, -0.25) is 9.69 Å². The lowest BCUT2D eigenvalue weighted by molar-refractivity contribution is 0.0357. The molecule has 174 valence electrons. The van der Waals surface area contributed by atoms with Crippen molar-refractivity contribution >= 4 is 28.2 Å². The van der Waals surface area contributed by atoms with Crippen LogP contribution in [0.1, 0.15) is 29.7 Å². The van der Waals surface area contributed by atoms with Gasteiger partial charge in [-0.15, -0.1) is 0 Å². The normalized spacial score (nSPS) is 15.3. The van der Waals surface area contributed by atoms with Gasteiger partial charge in [0, 0.05) is 37.3 Å².